The maximum Gasteiger partial charge on any atom is 0.198 e. The number of hydrogen-bond donors (Lipinski definition) is 2. The van der Waals surface area contributed by atoms with Crippen LogP contribution in [0.5, 0.6) is 5.75 Å². The third kappa shape index (κ3) is 3.58. The van der Waals surface area contributed by atoms with Crippen LogP contribution in [0.3, 0.4) is 0 Å². The van der Waals surface area contributed by atoms with Crippen molar-refractivity contribution < 1.29 is 9.53 Å². The number of hydrogen-bond acceptors (Lipinski definition) is 3. The van der Waals surface area contributed by atoms with Crippen LogP contribution < -0.4 is 10.1 Å². The van der Waals surface area contributed by atoms with Gasteiger partial charge in [-0.05, 0) is 44.5 Å². The maximum absolute atomic E-state index is 13.6. The zero-order valence-corrected chi connectivity index (χ0v) is 18.5. The predicted octanol–water partition coefficient (Wildman–Crippen LogP) is 6.42. The summed E-state index contributed by atoms with van der Waals surface area (Å²) in [5, 5.41) is 4.43. The Balaban J connectivity index is 1.76. The minimum absolute atomic E-state index is 0.0158. The van der Waals surface area contributed by atoms with E-state index in [0.717, 1.165) is 27.7 Å². The van der Waals surface area contributed by atoms with E-state index in [2.05, 4.69) is 55.3 Å². The lowest BCUT2D eigenvalue weighted by Crippen LogP contribution is -2.34. The summed E-state index contributed by atoms with van der Waals surface area (Å²) in [5.41, 5.74) is 5.00. The molecule has 0 bridgehead atoms. The molecule has 1 aliphatic rings. The van der Waals surface area contributed by atoms with Gasteiger partial charge in [-0.3, -0.25) is 4.79 Å². The minimum atomic E-state index is -0.543. The number of benzene rings is 3. The van der Waals surface area contributed by atoms with Gasteiger partial charge in [0.25, 0.3) is 0 Å². The Morgan fingerprint density at radius 2 is 1.59 bits per heavy atom. The summed E-state index contributed by atoms with van der Waals surface area (Å²) in [6, 6.07) is 25.8. The molecule has 0 aliphatic carbocycles. The van der Waals surface area contributed by atoms with Gasteiger partial charge in [0.1, 0.15) is 5.75 Å². The second-order valence-electron chi connectivity index (χ2n) is 9.14. The van der Waals surface area contributed by atoms with Crippen molar-refractivity contribution in [2.75, 3.05) is 0 Å². The van der Waals surface area contributed by atoms with E-state index in [1.54, 1.807) is 0 Å². The first-order chi connectivity index (χ1) is 15.4. The number of rotatable bonds is 3. The van der Waals surface area contributed by atoms with Crippen molar-refractivity contribution in [2.45, 2.75) is 32.4 Å². The molecule has 1 aromatic heterocycles. The van der Waals surface area contributed by atoms with Crippen molar-refractivity contribution in [3.05, 3.63) is 102 Å². The van der Waals surface area contributed by atoms with Crippen molar-refractivity contribution in [3.8, 4) is 17.0 Å². The van der Waals surface area contributed by atoms with Crippen molar-refractivity contribution >= 4 is 16.7 Å². The Morgan fingerprint density at radius 1 is 0.906 bits per heavy atom. The Morgan fingerprint density at radius 3 is 2.38 bits per heavy atom. The third-order valence-corrected chi connectivity index (χ3v) is 5.65. The highest BCUT2D eigenvalue weighted by atomic mass is 16.5. The Bertz CT molecular complexity index is 1330. The molecule has 0 fully saturated rings. The average Bonchev–Trinajstić information content (AvgIpc) is 3.18. The molecule has 5 rings (SSSR count). The fourth-order valence-corrected chi connectivity index (χ4v) is 4.14. The first-order valence-electron chi connectivity index (χ1n) is 10.9. The molecule has 160 valence electrons. The van der Waals surface area contributed by atoms with E-state index in [9.17, 15) is 4.79 Å². The van der Waals surface area contributed by atoms with Gasteiger partial charge in [-0.15, -0.1) is 0 Å². The van der Waals surface area contributed by atoms with Crippen LogP contribution in [-0.2, 0) is 0 Å². The van der Waals surface area contributed by atoms with E-state index in [0.29, 0.717) is 16.9 Å². The molecule has 0 radical (unpaired) electrons. The number of carbonyl (C=O) groups is 1. The lowest BCUT2D eigenvalue weighted by molar-refractivity contribution is 0.0960. The van der Waals surface area contributed by atoms with Crippen LogP contribution in [-0.4, -0.2) is 16.3 Å². The summed E-state index contributed by atoms with van der Waals surface area (Å²) in [7, 11) is 0. The second-order valence-corrected chi connectivity index (χ2v) is 9.14. The van der Waals surface area contributed by atoms with E-state index in [4.69, 9.17) is 4.74 Å². The SMILES string of the molecule is CC(C)(C)NC=C1C(=O)c2ccccc2OC1c1c(-c2ccccc2)[nH]c2ccccc12. The summed E-state index contributed by atoms with van der Waals surface area (Å²) in [5.74, 6) is 0.595. The number of aromatic nitrogens is 1. The molecule has 0 spiro atoms. The summed E-state index contributed by atoms with van der Waals surface area (Å²) in [6.07, 6.45) is 1.29. The fourth-order valence-electron chi connectivity index (χ4n) is 4.14. The van der Waals surface area contributed by atoms with E-state index in [1.165, 1.54) is 0 Å². The summed E-state index contributed by atoms with van der Waals surface area (Å²) in [6.45, 7) is 6.22. The molecule has 1 atom stereocenters. The third-order valence-electron chi connectivity index (χ3n) is 5.65. The topological polar surface area (TPSA) is 54.1 Å². The van der Waals surface area contributed by atoms with Crippen LogP contribution in [0.4, 0.5) is 0 Å². The number of H-pyrrole nitrogens is 1. The largest absolute Gasteiger partial charge is 0.480 e. The number of aromatic amines is 1. The normalized spacial score (nSPS) is 17.3. The number of Topliss-reactive ketones (excluding diaryl/α,β-unsaturated/α-hetero) is 1. The van der Waals surface area contributed by atoms with Gasteiger partial charge in [0, 0.05) is 28.2 Å². The summed E-state index contributed by atoms with van der Waals surface area (Å²) < 4.78 is 6.55. The van der Waals surface area contributed by atoms with Crippen LogP contribution in [0.2, 0.25) is 0 Å². The molecule has 4 nitrogen and oxygen atoms in total. The van der Waals surface area contributed by atoms with Crippen LogP contribution in [0, 0.1) is 0 Å². The van der Waals surface area contributed by atoms with Gasteiger partial charge in [-0.1, -0.05) is 60.7 Å². The number of fused-ring (bicyclic) bond motifs is 2. The summed E-state index contributed by atoms with van der Waals surface area (Å²) in [4.78, 5) is 17.2. The zero-order chi connectivity index (χ0) is 22.3. The van der Waals surface area contributed by atoms with Gasteiger partial charge in [0.15, 0.2) is 11.9 Å². The van der Waals surface area contributed by atoms with Gasteiger partial charge in [-0.2, -0.15) is 0 Å². The van der Waals surface area contributed by atoms with Gasteiger partial charge < -0.3 is 15.0 Å². The Hall–Kier alpha value is -3.79. The zero-order valence-electron chi connectivity index (χ0n) is 18.5. The standard InChI is InChI=1S/C28H26N2O2/c1-28(2,3)29-17-21-26(31)20-14-8-10-16-23(20)32-27(21)24-19-13-7-9-15-22(19)30-25(24)18-11-5-4-6-12-18/h4-17,27,29-30H,1-3H3. The number of ketones is 1. The summed E-state index contributed by atoms with van der Waals surface area (Å²) >= 11 is 0. The van der Waals surface area contributed by atoms with Crippen molar-refractivity contribution in [2.24, 2.45) is 0 Å². The van der Waals surface area contributed by atoms with Gasteiger partial charge in [-0.25, -0.2) is 0 Å². The molecule has 4 heteroatoms. The molecule has 3 aromatic carbocycles. The van der Waals surface area contributed by atoms with Crippen LogP contribution >= 0.6 is 0 Å². The Labute approximate surface area is 187 Å². The van der Waals surface area contributed by atoms with Crippen LogP contribution in [0.1, 0.15) is 42.8 Å². The molecule has 0 amide bonds. The minimum Gasteiger partial charge on any atom is -0.480 e. The van der Waals surface area contributed by atoms with E-state index >= 15 is 0 Å². The molecule has 0 saturated heterocycles. The number of ether oxygens (including phenoxy) is 1. The van der Waals surface area contributed by atoms with Crippen molar-refractivity contribution in [1.29, 1.82) is 0 Å². The number of nitrogens with one attached hydrogen (secondary N) is 2. The lowest BCUT2D eigenvalue weighted by atomic mass is 9.89. The van der Waals surface area contributed by atoms with E-state index < -0.39 is 6.10 Å². The highest BCUT2D eigenvalue weighted by Gasteiger charge is 2.36. The van der Waals surface area contributed by atoms with Crippen molar-refractivity contribution in [1.82, 2.24) is 10.3 Å². The smallest absolute Gasteiger partial charge is 0.198 e. The Kier molecular flexibility index (Phi) is 4.86. The molecule has 2 heterocycles. The quantitative estimate of drug-likeness (QED) is 0.374. The second kappa shape index (κ2) is 7.72. The van der Waals surface area contributed by atoms with E-state index in [1.807, 2.05) is 60.8 Å². The number of carbonyl (C=O) groups excluding carboxylic acids is 1. The average molecular weight is 423 g/mol. The molecule has 32 heavy (non-hydrogen) atoms. The predicted molar refractivity (Wildman–Crippen MR) is 129 cm³/mol. The number of para-hydroxylation sites is 2. The van der Waals surface area contributed by atoms with Crippen LogP contribution in [0.15, 0.2) is 90.6 Å². The van der Waals surface area contributed by atoms with Gasteiger partial charge in [0.2, 0.25) is 0 Å². The molecular weight excluding hydrogens is 396 g/mol. The molecule has 4 aromatic rings. The fraction of sp³-hybridized carbons (Fsp3) is 0.179. The first-order valence-corrected chi connectivity index (χ1v) is 10.9. The van der Waals surface area contributed by atoms with E-state index in [-0.39, 0.29) is 11.3 Å². The molecule has 0 saturated carbocycles. The highest BCUT2D eigenvalue weighted by molar-refractivity contribution is 6.13. The molecule has 2 N–H and O–H groups in total. The molecular formula is C28H26N2O2. The molecule has 1 aliphatic heterocycles. The van der Waals surface area contributed by atoms with Crippen molar-refractivity contribution in [3.63, 3.8) is 0 Å². The van der Waals surface area contributed by atoms with Gasteiger partial charge in [0.05, 0.1) is 16.8 Å². The monoisotopic (exact) mass is 422 g/mol. The first kappa shape index (κ1) is 20.1. The highest BCUT2D eigenvalue weighted by Crippen LogP contribution is 2.44. The maximum atomic E-state index is 13.6. The molecule has 1 unspecified atom stereocenters. The van der Waals surface area contributed by atoms with Gasteiger partial charge >= 0.3 is 0 Å². The lowest BCUT2D eigenvalue weighted by Gasteiger charge is -2.30. The van der Waals surface area contributed by atoms with Crippen LogP contribution in [0.25, 0.3) is 22.2 Å².